The molecule has 3 aromatic rings. The Morgan fingerprint density at radius 3 is 2.50 bits per heavy atom. The van der Waals surface area contributed by atoms with Crippen LogP contribution < -0.4 is 11.5 Å². The summed E-state index contributed by atoms with van der Waals surface area (Å²) in [5, 5.41) is 0. The van der Waals surface area contributed by atoms with Crippen LogP contribution in [0.25, 0.3) is 22.4 Å². The zero-order chi connectivity index (χ0) is 12.7. The van der Waals surface area contributed by atoms with Gasteiger partial charge in [-0.15, -0.1) is 0 Å². The van der Waals surface area contributed by atoms with E-state index < -0.39 is 0 Å². The summed E-state index contributed by atoms with van der Waals surface area (Å²) in [5.41, 5.74) is 15.7. The van der Waals surface area contributed by atoms with Gasteiger partial charge in [0.05, 0.1) is 11.7 Å². The number of aromatic nitrogens is 3. The van der Waals surface area contributed by atoms with Crippen LogP contribution >= 0.6 is 0 Å². The van der Waals surface area contributed by atoms with E-state index in [4.69, 9.17) is 11.5 Å². The van der Waals surface area contributed by atoms with Gasteiger partial charge in [-0.3, -0.25) is 4.98 Å². The molecule has 0 atom stereocenters. The van der Waals surface area contributed by atoms with Gasteiger partial charge in [-0.25, -0.2) is 4.98 Å². The molecule has 0 aliphatic rings. The standard InChI is InChI=1S/C13H13N5/c1-18-12-2-3-16-7-11(12)17-13(18)8-4-9(14)6-10(15)5-8/h2-7H,14-15H2,1H3. The van der Waals surface area contributed by atoms with Crippen LogP contribution in [-0.4, -0.2) is 14.5 Å². The normalized spacial score (nSPS) is 10.9. The Hall–Kier alpha value is -2.56. The van der Waals surface area contributed by atoms with Gasteiger partial charge in [0.25, 0.3) is 0 Å². The number of hydrogen-bond donors (Lipinski definition) is 2. The first-order valence-electron chi connectivity index (χ1n) is 5.58. The van der Waals surface area contributed by atoms with Crippen LogP contribution in [0.15, 0.2) is 36.7 Å². The number of rotatable bonds is 1. The molecular weight excluding hydrogens is 226 g/mol. The summed E-state index contributed by atoms with van der Waals surface area (Å²) in [7, 11) is 1.96. The lowest BCUT2D eigenvalue weighted by Crippen LogP contribution is -1.96. The maximum absolute atomic E-state index is 5.81. The molecule has 5 heteroatoms. The van der Waals surface area contributed by atoms with Gasteiger partial charge in [0.15, 0.2) is 0 Å². The maximum atomic E-state index is 5.81. The third-order valence-electron chi connectivity index (χ3n) is 2.92. The van der Waals surface area contributed by atoms with Gasteiger partial charge in [0.2, 0.25) is 0 Å². The average molecular weight is 239 g/mol. The van der Waals surface area contributed by atoms with E-state index in [1.54, 1.807) is 18.5 Å². The van der Waals surface area contributed by atoms with Gasteiger partial charge in [-0.1, -0.05) is 0 Å². The molecule has 0 fully saturated rings. The van der Waals surface area contributed by atoms with Crippen molar-refractivity contribution >= 4 is 22.4 Å². The van der Waals surface area contributed by atoms with Crippen LogP contribution in [0.3, 0.4) is 0 Å². The van der Waals surface area contributed by atoms with Crippen molar-refractivity contribution in [1.29, 1.82) is 0 Å². The number of imidazole rings is 1. The van der Waals surface area contributed by atoms with Crippen LogP contribution in [0.5, 0.6) is 0 Å². The van der Waals surface area contributed by atoms with Crippen molar-refractivity contribution < 1.29 is 0 Å². The molecule has 2 aromatic heterocycles. The Labute approximate surface area is 104 Å². The predicted octanol–water partition coefficient (Wildman–Crippen LogP) is 1.80. The minimum absolute atomic E-state index is 0.634. The summed E-state index contributed by atoms with van der Waals surface area (Å²) >= 11 is 0. The van der Waals surface area contributed by atoms with E-state index in [1.165, 1.54) is 0 Å². The zero-order valence-electron chi connectivity index (χ0n) is 9.96. The number of anilines is 2. The second-order valence-electron chi connectivity index (χ2n) is 4.25. The first-order chi connectivity index (χ1) is 8.65. The van der Waals surface area contributed by atoms with Crippen molar-refractivity contribution in [3.63, 3.8) is 0 Å². The highest BCUT2D eigenvalue weighted by atomic mass is 15.1. The predicted molar refractivity (Wildman–Crippen MR) is 72.8 cm³/mol. The molecule has 0 amide bonds. The Balaban J connectivity index is 2.28. The summed E-state index contributed by atoms with van der Waals surface area (Å²) < 4.78 is 2.01. The lowest BCUT2D eigenvalue weighted by atomic mass is 10.1. The molecule has 0 unspecified atom stereocenters. The van der Waals surface area contributed by atoms with E-state index in [0.717, 1.165) is 22.4 Å². The Bertz CT molecular complexity index is 709. The monoisotopic (exact) mass is 239 g/mol. The van der Waals surface area contributed by atoms with Crippen molar-refractivity contribution in [3.8, 4) is 11.4 Å². The molecule has 90 valence electrons. The Kier molecular flexibility index (Phi) is 2.19. The lowest BCUT2D eigenvalue weighted by molar-refractivity contribution is 0.959. The maximum Gasteiger partial charge on any atom is 0.141 e. The second kappa shape index (κ2) is 3.73. The van der Waals surface area contributed by atoms with Gasteiger partial charge in [0.1, 0.15) is 11.3 Å². The van der Waals surface area contributed by atoms with Gasteiger partial charge in [-0.2, -0.15) is 0 Å². The number of aryl methyl sites for hydroxylation is 1. The van der Waals surface area contributed by atoms with E-state index in [9.17, 15) is 0 Å². The quantitative estimate of drug-likeness (QED) is 0.634. The molecule has 5 nitrogen and oxygen atoms in total. The number of pyridine rings is 1. The van der Waals surface area contributed by atoms with E-state index in [-0.39, 0.29) is 0 Å². The van der Waals surface area contributed by atoms with Crippen LogP contribution in [0.4, 0.5) is 11.4 Å². The molecule has 0 bridgehead atoms. The molecule has 3 rings (SSSR count). The SMILES string of the molecule is Cn1c(-c2cc(N)cc(N)c2)nc2cnccc21. The second-order valence-corrected chi connectivity index (χ2v) is 4.25. The van der Waals surface area contributed by atoms with Crippen molar-refractivity contribution in [2.24, 2.45) is 7.05 Å². The molecular formula is C13H13N5. The summed E-state index contributed by atoms with van der Waals surface area (Å²) in [5.74, 6) is 0.831. The number of benzene rings is 1. The molecule has 0 aliphatic heterocycles. The minimum Gasteiger partial charge on any atom is -0.399 e. The number of nitrogens with zero attached hydrogens (tertiary/aromatic N) is 3. The van der Waals surface area contributed by atoms with Gasteiger partial charge < -0.3 is 16.0 Å². The molecule has 18 heavy (non-hydrogen) atoms. The topological polar surface area (TPSA) is 82.8 Å². The van der Waals surface area contributed by atoms with Gasteiger partial charge in [-0.05, 0) is 24.3 Å². The third kappa shape index (κ3) is 1.57. The van der Waals surface area contributed by atoms with Gasteiger partial charge in [0, 0.05) is 30.2 Å². The number of fused-ring (bicyclic) bond motifs is 1. The Morgan fingerprint density at radius 1 is 1.11 bits per heavy atom. The first kappa shape index (κ1) is 10.6. The molecule has 0 aliphatic carbocycles. The van der Waals surface area contributed by atoms with E-state index in [2.05, 4.69) is 9.97 Å². The number of hydrogen-bond acceptors (Lipinski definition) is 4. The summed E-state index contributed by atoms with van der Waals surface area (Å²) in [6.45, 7) is 0. The molecule has 2 heterocycles. The molecule has 1 aromatic carbocycles. The van der Waals surface area contributed by atoms with Crippen LogP contribution in [0, 0.1) is 0 Å². The fourth-order valence-corrected chi connectivity index (χ4v) is 2.12. The zero-order valence-corrected chi connectivity index (χ0v) is 9.96. The smallest absolute Gasteiger partial charge is 0.141 e. The fourth-order valence-electron chi connectivity index (χ4n) is 2.12. The van der Waals surface area contributed by atoms with Crippen LogP contribution in [-0.2, 0) is 7.05 Å². The minimum atomic E-state index is 0.634. The highest BCUT2D eigenvalue weighted by molar-refractivity contribution is 5.81. The molecule has 0 radical (unpaired) electrons. The first-order valence-corrected chi connectivity index (χ1v) is 5.58. The largest absolute Gasteiger partial charge is 0.399 e. The number of nitrogen functional groups attached to an aromatic ring is 2. The molecule has 0 saturated carbocycles. The Morgan fingerprint density at radius 2 is 1.83 bits per heavy atom. The highest BCUT2D eigenvalue weighted by Crippen LogP contribution is 2.26. The van der Waals surface area contributed by atoms with E-state index in [1.807, 2.05) is 29.8 Å². The third-order valence-corrected chi connectivity index (χ3v) is 2.92. The summed E-state index contributed by atoms with van der Waals surface area (Å²) in [6.07, 6.45) is 3.50. The summed E-state index contributed by atoms with van der Waals surface area (Å²) in [6, 6.07) is 7.39. The van der Waals surface area contributed by atoms with Crippen molar-refractivity contribution in [2.75, 3.05) is 11.5 Å². The van der Waals surface area contributed by atoms with Crippen molar-refractivity contribution in [3.05, 3.63) is 36.7 Å². The number of nitrogens with two attached hydrogens (primary N) is 2. The van der Waals surface area contributed by atoms with Crippen LogP contribution in [0.1, 0.15) is 0 Å². The van der Waals surface area contributed by atoms with E-state index in [0.29, 0.717) is 11.4 Å². The van der Waals surface area contributed by atoms with Gasteiger partial charge >= 0.3 is 0 Å². The summed E-state index contributed by atoms with van der Waals surface area (Å²) in [4.78, 5) is 8.62. The fraction of sp³-hybridized carbons (Fsp3) is 0.0769. The lowest BCUT2D eigenvalue weighted by Gasteiger charge is -2.05. The van der Waals surface area contributed by atoms with E-state index >= 15 is 0 Å². The molecule has 0 saturated heterocycles. The average Bonchev–Trinajstić information content (AvgIpc) is 2.66. The molecule has 0 spiro atoms. The van der Waals surface area contributed by atoms with Crippen molar-refractivity contribution in [2.45, 2.75) is 0 Å². The molecule has 4 N–H and O–H groups in total. The van der Waals surface area contributed by atoms with Crippen LogP contribution in [0.2, 0.25) is 0 Å². The highest BCUT2D eigenvalue weighted by Gasteiger charge is 2.10. The van der Waals surface area contributed by atoms with Crippen molar-refractivity contribution in [1.82, 2.24) is 14.5 Å².